The molecule has 0 saturated carbocycles. The van der Waals surface area contributed by atoms with E-state index >= 15 is 0 Å². The van der Waals surface area contributed by atoms with Gasteiger partial charge < -0.3 is 5.32 Å². The van der Waals surface area contributed by atoms with Crippen LogP contribution in [0.5, 0.6) is 0 Å². The van der Waals surface area contributed by atoms with Crippen LogP contribution in [0.3, 0.4) is 0 Å². The van der Waals surface area contributed by atoms with Gasteiger partial charge in [-0.3, -0.25) is 9.69 Å². The van der Waals surface area contributed by atoms with E-state index in [0.717, 1.165) is 16.9 Å². The normalized spacial score (nSPS) is 17.2. The molecule has 1 heterocycles. The van der Waals surface area contributed by atoms with E-state index in [1.165, 1.54) is 23.5 Å². The van der Waals surface area contributed by atoms with E-state index in [9.17, 15) is 4.79 Å². The monoisotopic (exact) mass is 390 g/mol. The van der Waals surface area contributed by atoms with Gasteiger partial charge >= 0.3 is 0 Å². The minimum absolute atomic E-state index is 0.0462. The summed E-state index contributed by atoms with van der Waals surface area (Å²) in [5.74, 6) is -0.0462. The number of benzene rings is 2. The number of para-hydroxylation sites is 2. The van der Waals surface area contributed by atoms with E-state index in [1.807, 2.05) is 61.5 Å². The van der Waals surface area contributed by atoms with Crippen LogP contribution in [0.25, 0.3) is 0 Å². The van der Waals surface area contributed by atoms with E-state index < -0.39 is 0 Å². The fourth-order valence-corrected chi connectivity index (χ4v) is 5.49. The van der Waals surface area contributed by atoms with Crippen LogP contribution >= 0.6 is 48.0 Å². The highest BCUT2D eigenvalue weighted by atomic mass is 32.2. The van der Waals surface area contributed by atoms with Crippen LogP contribution in [-0.4, -0.2) is 19.1 Å². The number of aryl methyl sites for hydroxylation is 1. The minimum atomic E-state index is -0.360. The van der Waals surface area contributed by atoms with Crippen molar-refractivity contribution >= 4 is 73.9 Å². The first kappa shape index (κ1) is 17.4. The van der Waals surface area contributed by atoms with Crippen LogP contribution in [0.1, 0.15) is 5.56 Å². The maximum absolute atomic E-state index is 12.7. The standard InChI is InChI=1S/C17H14N2OS4/c1-11-7-5-6-10-13(11)18-16(21)23-15-14(20)19(17(22)24-15)12-8-3-2-4-9-12/h2-10,15H,1H3,(H,18,21). The second-order valence-corrected chi connectivity index (χ2v) is 8.89. The van der Waals surface area contributed by atoms with Gasteiger partial charge in [-0.15, -0.1) is 0 Å². The Hall–Kier alpha value is -1.41. The van der Waals surface area contributed by atoms with Crippen LogP contribution in [0.15, 0.2) is 54.6 Å². The van der Waals surface area contributed by atoms with Crippen molar-refractivity contribution in [3.8, 4) is 0 Å². The van der Waals surface area contributed by atoms with E-state index in [4.69, 9.17) is 24.4 Å². The fourth-order valence-electron chi connectivity index (χ4n) is 2.22. The number of rotatable bonds is 3. The Morgan fingerprint density at radius 1 is 1.17 bits per heavy atom. The van der Waals surface area contributed by atoms with Gasteiger partial charge in [0.1, 0.15) is 13.2 Å². The molecule has 0 spiro atoms. The molecule has 0 bridgehead atoms. The van der Waals surface area contributed by atoms with Crippen molar-refractivity contribution in [1.82, 2.24) is 0 Å². The van der Waals surface area contributed by atoms with Gasteiger partial charge in [0.05, 0.1) is 5.69 Å². The lowest BCUT2D eigenvalue weighted by Gasteiger charge is -2.15. The lowest BCUT2D eigenvalue weighted by molar-refractivity contribution is -0.115. The van der Waals surface area contributed by atoms with E-state index in [-0.39, 0.29) is 10.5 Å². The summed E-state index contributed by atoms with van der Waals surface area (Å²) < 4.78 is 0.761. The molecule has 1 aliphatic rings. The van der Waals surface area contributed by atoms with Gasteiger partial charge in [-0.1, -0.05) is 84.4 Å². The molecule has 1 N–H and O–H groups in total. The van der Waals surface area contributed by atoms with Gasteiger partial charge in [0.15, 0.2) is 0 Å². The van der Waals surface area contributed by atoms with Crippen molar-refractivity contribution in [2.24, 2.45) is 0 Å². The Bertz CT molecular complexity index is 794. The first-order valence-corrected chi connectivity index (χ1v) is 9.77. The molecular weight excluding hydrogens is 376 g/mol. The molecule has 122 valence electrons. The van der Waals surface area contributed by atoms with Gasteiger partial charge in [-0.25, -0.2) is 0 Å². The van der Waals surface area contributed by atoms with Crippen LogP contribution in [0, 0.1) is 6.92 Å². The highest BCUT2D eigenvalue weighted by Crippen LogP contribution is 2.38. The summed E-state index contributed by atoms with van der Waals surface area (Å²) in [4.78, 5) is 14.3. The molecule has 24 heavy (non-hydrogen) atoms. The summed E-state index contributed by atoms with van der Waals surface area (Å²) in [6.45, 7) is 2.01. The zero-order valence-electron chi connectivity index (χ0n) is 12.8. The molecule has 2 aromatic rings. The number of hydrogen-bond donors (Lipinski definition) is 1. The average molecular weight is 391 g/mol. The molecule has 0 aliphatic carbocycles. The molecule has 1 fully saturated rings. The maximum Gasteiger partial charge on any atom is 0.256 e. The molecule has 3 rings (SSSR count). The van der Waals surface area contributed by atoms with Crippen LogP contribution in [0.2, 0.25) is 0 Å². The molecule has 2 aromatic carbocycles. The van der Waals surface area contributed by atoms with Crippen molar-refractivity contribution < 1.29 is 4.79 Å². The number of hydrogen-bond acceptors (Lipinski definition) is 5. The Morgan fingerprint density at radius 3 is 2.54 bits per heavy atom. The predicted molar refractivity (Wildman–Crippen MR) is 113 cm³/mol. The van der Waals surface area contributed by atoms with Gasteiger partial charge in [0.25, 0.3) is 5.91 Å². The zero-order chi connectivity index (χ0) is 17.1. The third-order valence-corrected chi connectivity index (χ3v) is 6.39. The molecule has 0 aromatic heterocycles. The molecule has 0 radical (unpaired) electrons. The number of thioether (sulfide) groups is 2. The van der Waals surface area contributed by atoms with Gasteiger partial charge in [-0.2, -0.15) is 0 Å². The molecule has 1 unspecified atom stereocenters. The Morgan fingerprint density at radius 2 is 1.83 bits per heavy atom. The number of thiocarbonyl (C=S) groups is 2. The van der Waals surface area contributed by atoms with Crippen molar-refractivity contribution in [3.05, 3.63) is 60.2 Å². The van der Waals surface area contributed by atoms with Gasteiger partial charge in [0.2, 0.25) is 0 Å². The summed E-state index contributed by atoms with van der Waals surface area (Å²) in [6, 6.07) is 17.3. The van der Waals surface area contributed by atoms with Crippen molar-refractivity contribution in [3.63, 3.8) is 0 Å². The van der Waals surface area contributed by atoms with Crippen LogP contribution < -0.4 is 10.2 Å². The van der Waals surface area contributed by atoms with Crippen LogP contribution in [-0.2, 0) is 4.79 Å². The fraction of sp³-hybridized carbons (Fsp3) is 0.118. The Balaban J connectivity index is 1.68. The zero-order valence-corrected chi connectivity index (χ0v) is 16.0. The highest BCUT2D eigenvalue weighted by molar-refractivity contribution is 8.38. The summed E-state index contributed by atoms with van der Waals surface area (Å²) >= 11 is 13.5. The smallest absolute Gasteiger partial charge is 0.256 e. The minimum Gasteiger partial charge on any atom is -0.341 e. The average Bonchev–Trinajstić information content (AvgIpc) is 2.84. The maximum atomic E-state index is 12.7. The van der Waals surface area contributed by atoms with E-state index in [1.54, 1.807) is 4.90 Å². The first-order valence-electron chi connectivity index (χ1n) is 7.19. The summed E-state index contributed by atoms with van der Waals surface area (Å²) in [6.07, 6.45) is 0. The number of nitrogens with zero attached hydrogens (tertiary/aromatic N) is 1. The summed E-state index contributed by atoms with van der Waals surface area (Å²) in [5, 5.41) is 3.19. The Kier molecular flexibility index (Phi) is 5.55. The van der Waals surface area contributed by atoms with Crippen molar-refractivity contribution in [2.75, 3.05) is 10.2 Å². The van der Waals surface area contributed by atoms with Crippen LogP contribution in [0.4, 0.5) is 11.4 Å². The number of nitrogens with one attached hydrogen (secondary N) is 1. The second-order valence-electron chi connectivity index (χ2n) is 5.07. The van der Waals surface area contributed by atoms with Crippen molar-refractivity contribution in [2.45, 2.75) is 11.5 Å². The largest absolute Gasteiger partial charge is 0.341 e. The highest BCUT2D eigenvalue weighted by Gasteiger charge is 2.39. The SMILES string of the molecule is Cc1ccccc1NC(=S)SC1SC(=S)N(c2ccccc2)C1=O. The number of anilines is 2. The second kappa shape index (κ2) is 7.65. The molecule has 7 heteroatoms. The molecule has 1 atom stereocenters. The molecular formula is C17H14N2OS4. The quantitative estimate of drug-likeness (QED) is 0.757. The lowest BCUT2D eigenvalue weighted by Crippen LogP contribution is -2.30. The summed E-state index contributed by atoms with van der Waals surface area (Å²) in [5.41, 5.74) is 2.85. The molecule has 1 aliphatic heterocycles. The number of amides is 1. The third kappa shape index (κ3) is 3.80. The van der Waals surface area contributed by atoms with Crippen molar-refractivity contribution in [1.29, 1.82) is 0 Å². The van der Waals surface area contributed by atoms with E-state index in [2.05, 4.69) is 5.32 Å². The molecule has 1 saturated heterocycles. The lowest BCUT2D eigenvalue weighted by atomic mass is 10.2. The topological polar surface area (TPSA) is 32.3 Å². The number of carbonyl (C=O) groups excluding carboxylic acids is 1. The van der Waals surface area contributed by atoms with E-state index in [0.29, 0.717) is 8.64 Å². The molecule has 3 nitrogen and oxygen atoms in total. The predicted octanol–water partition coefficient (Wildman–Crippen LogP) is 4.82. The van der Waals surface area contributed by atoms with Gasteiger partial charge in [0, 0.05) is 5.69 Å². The summed E-state index contributed by atoms with van der Waals surface area (Å²) in [7, 11) is 0. The Labute approximate surface area is 160 Å². The molecule has 1 amide bonds. The third-order valence-electron chi connectivity index (χ3n) is 3.42. The first-order chi connectivity index (χ1) is 11.6. The number of carbonyl (C=O) groups is 1. The van der Waals surface area contributed by atoms with Gasteiger partial charge in [-0.05, 0) is 30.7 Å².